The van der Waals surface area contributed by atoms with E-state index in [0.29, 0.717) is 13.0 Å². The van der Waals surface area contributed by atoms with Gasteiger partial charge in [0.2, 0.25) is 0 Å². The molecule has 4 atom stereocenters. The first-order chi connectivity index (χ1) is 17.3. The number of carbonyl (C=O) groups is 2. The zero-order chi connectivity index (χ0) is 25.6. The molecule has 9 heteroatoms. The van der Waals surface area contributed by atoms with Gasteiger partial charge in [0.15, 0.2) is 0 Å². The summed E-state index contributed by atoms with van der Waals surface area (Å²) in [4.78, 5) is 31.4. The summed E-state index contributed by atoms with van der Waals surface area (Å²) in [6.07, 6.45) is 6.41. The second-order valence-corrected chi connectivity index (χ2v) is 10.4. The highest BCUT2D eigenvalue weighted by Crippen LogP contribution is 2.41. The maximum atomic E-state index is 12.6. The Balaban J connectivity index is 1.64. The molecule has 1 aliphatic carbocycles. The van der Waals surface area contributed by atoms with Gasteiger partial charge >= 0.3 is 12.1 Å². The molecule has 1 saturated carbocycles. The maximum absolute atomic E-state index is 12.6. The van der Waals surface area contributed by atoms with Crippen molar-refractivity contribution in [2.24, 2.45) is 5.92 Å². The average molecular weight is 494 g/mol. The Morgan fingerprint density at radius 2 is 2.03 bits per heavy atom. The summed E-state index contributed by atoms with van der Waals surface area (Å²) in [5.74, 6) is -0.0418. The van der Waals surface area contributed by atoms with Crippen molar-refractivity contribution < 1.29 is 19.4 Å². The zero-order valence-corrected chi connectivity index (χ0v) is 21.5. The van der Waals surface area contributed by atoms with Crippen molar-refractivity contribution in [1.82, 2.24) is 19.3 Å². The predicted octanol–water partition coefficient (Wildman–Crippen LogP) is 5.07. The molecule has 192 valence electrons. The number of hydrogen-bond acceptors (Lipinski definition) is 5. The average Bonchev–Trinajstić information content (AvgIpc) is 3.46. The van der Waals surface area contributed by atoms with E-state index in [2.05, 4.69) is 16.6 Å². The van der Waals surface area contributed by atoms with E-state index in [9.17, 15) is 14.7 Å². The van der Waals surface area contributed by atoms with Crippen molar-refractivity contribution in [1.29, 1.82) is 0 Å². The van der Waals surface area contributed by atoms with Crippen LogP contribution in [-0.2, 0) is 22.5 Å². The molecular formula is C27H35N5O4. The minimum Gasteiger partial charge on any atom is -0.481 e. The lowest BCUT2D eigenvalue weighted by molar-refractivity contribution is -0.143. The molecule has 1 N–H and O–H groups in total. The number of nitrogens with zero attached hydrogens (tertiary/aromatic N) is 5. The molecule has 0 bridgehead atoms. The fourth-order valence-electron chi connectivity index (χ4n) is 6.07. The lowest BCUT2D eigenvalue weighted by Gasteiger charge is -2.34. The normalized spacial score (nSPS) is 22.9. The van der Waals surface area contributed by atoms with Crippen LogP contribution in [0.15, 0.2) is 24.4 Å². The monoisotopic (exact) mass is 493 g/mol. The topological polar surface area (TPSA) is 102 Å². The van der Waals surface area contributed by atoms with Crippen LogP contribution in [0.4, 0.5) is 10.5 Å². The van der Waals surface area contributed by atoms with Crippen molar-refractivity contribution >= 4 is 28.8 Å². The molecule has 5 rings (SSSR count). The summed E-state index contributed by atoms with van der Waals surface area (Å²) in [5.41, 5.74) is 4.81. The Kier molecular flexibility index (Phi) is 6.49. The van der Waals surface area contributed by atoms with Crippen LogP contribution in [-0.4, -0.2) is 49.7 Å². The highest BCUT2D eigenvalue weighted by atomic mass is 16.5. The fraction of sp³-hybridized carbons (Fsp3) is 0.556. The van der Waals surface area contributed by atoms with E-state index in [1.165, 1.54) is 7.11 Å². The third-order valence-corrected chi connectivity index (χ3v) is 7.89. The molecule has 36 heavy (non-hydrogen) atoms. The van der Waals surface area contributed by atoms with Crippen LogP contribution in [0.25, 0.3) is 11.0 Å². The van der Waals surface area contributed by atoms with Crippen LogP contribution in [0.2, 0.25) is 0 Å². The third-order valence-electron chi connectivity index (χ3n) is 7.89. The van der Waals surface area contributed by atoms with Crippen LogP contribution in [0.5, 0.6) is 0 Å². The number of benzene rings is 1. The molecule has 1 amide bonds. The number of aliphatic carboxylic acids is 1. The van der Waals surface area contributed by atoms with Gasteiger partial charge in [0.05, 0.1) is 42.0 Å². The lowest BCUT2D eigenvalue weighted by atomic mass is 9.85. The van der Waals surface area contributed by atoms with E-state index >= 15 is 0 Å². The number of fused-ring (bicyclic) bond motifs is 3. The number of aromatic nitrogens is 4. The van der Waals surface area contributed by atoms with E-state index in [4.69, 9.17) is 9.72 Å². The highest BCUT2D eigenvalue weighted by Gasteiger charge is 2.35. The van der Waals surface area contributed by atoms with Gasteiger partial charge in [-0.2, -0.15) is 5.10 Å². The number of imidazole rings is 1. The summed E-state index contributed by atoms with van der Waals surface area (Å²) >= 11 is 0. The van der Waals surface area contributed by atoms with Crippen molar-refractivity contribution in [3.8, 4) is 0 Å². The van der Waals surface area contributed by atoms with Crippen LogP contribution < -0.4 is 4.90 Å². The van der Waals surface area contributed by atoms with Crippen LogP contribution in [0, 0.1) is 12.8 Å². The number of carboxylic acid groups (broad SMARTS) is 1. The maximum Gasteiger partial charge on any atom is 0.414 e. The molecule has 0 spiro atoms. The van der Waals surface area contributed by atoms with Gasteiger partial charge in [-0.3, -0.25) is 14.4 Å². The Hall–Kier alpha value is -3.36. The Morgan fingerprint density at radius 1 is 1.22 bits per heavy atom. The quantitative estimate of drug-likeness (QED) is 0.532. The number of ether oxygens (including phenoxy) is 1. The van der Waals surface area contributed by atoms with Crippen molar-refractivity contribution in [3.05, 3.63) is 41.5 Å². The number of methoxy groups -OCH3 is 1. The molecule has 2 aliphatic rings. The fourth-order valence-corrected chi connectivity index (χ4v) is 6.07. The molecule has 1 aromatic carbocycles. The molecule has 9 nitrogen and oxygen atoms in total. The molecule has 1 aliphatic heterocycles. The molecule has 0 saturated heterocycles. The largest absolute Gasteiger partial charge is 0.481 e. The van der Waals surface area contributed by atoms with E-state index in [0.717, 1.165) is 65.9 Å². The molecule has 3 heterocycles. The van der Waals surface area contributed by atoms with Crippen molar-refractivity contribution in [2.45, 2.75) is 83.8 Å². The standard InChI is InChI=1S/C27H35N5O4/c1-16(15-30-13-12-17(2)29-30)25-28-24-21-9-8-18(3)31(27(35)36-4)22(21)10-11-23(24)32(25)20-7-5-6-19(14-20)26(33)34/h10-13,16,18-20H,5-9,14-15H2,1-4H3,(H,33,34)/t16?,18-,19?,20?/m0/s1. The van der Waals surface area contributed by atoms with Gasteiger partial charge < -0.3 is 14.4 Å². The number of carbonyl (C=O) groups excluding carboxylic acids is 1. The van der Waals surface area contributed by atoms with Gasteiger partial charge in [0.25, 0.3) is 0 Å². The molecule has 2 aromatic heterocycles. The number of rotatable bonds is 5. The second kappa shape index (κ2) is 9.59. The minimum atomic E-state index is -0.717. The second-order valence-electron chi connectivity index (χ2n) is 10.4. The summed E-state index contributed by atoms with van der Waals surface area (Å²) in [7, 11) is 1.41. The number of hydrogen-bond donors (Lipinski definition) is 1. The van der Waals surface area contributed by atoms with Gasteiger partial charge in [0.1, 0.15) is 5.82 Å². The molecule has 3 aromatic rings. The first kappa shape index (κ1) is 24.3. The van der Waals surface area contributed by atoms with Gasteiger partial charge in [-0.1, -0.05) is 13.3 Å². The molecule has 3 unspecified atom stereocenters. The summed E-state index contributed by atoms with van der Waals surface area (Å²) in [6.45, 7) is 6.85. The number of anilines is 1. The van der Waals surface area contributed by atoms with E-state index in [-0.39, 0.29) is 30.0 Å². The van der Waals surface area contributed by atoms with Crippen LogP contribution in [0.3, 0.4) is 0 Å². The lowest BCUT2D eigenvalue weighted by Crippen LogP contribution is -2.42. The highest BCUT2D eigenvalue weighted by molar-refractivity contribution is 5.95. The SMILES string of the molecule is COC(=O)N1c2ccc3c(nc(C(C)Cn4ccc(C)n4)n3C3CCCC(C(=O)O)C3)c2CC[C@@H]1C. The van der Waals surface area contributed by atoms with Crippen molar-refractivity contribution in [2.75, 3.05) is 12.0 Å². The summed E-state index contributed by atoms with van der Waals surface area (Å²) in [5, 5.41) is 14.3. The third kappa shape index (κ3) is 4.24. The first-order valence-corrected chi connectivity index (χ1v) is 12.9. The Labute approximate surface area is 211 Å². The number of carboxylic acids is 1. The smallest absolute Gasteiger partial charge is 0.414 e. The van der Waals surface area contributed by atoms with E-state index < -0.39 is 5.97 Å². The van der Waals surface area contributed by atoms with Crippen LogP contribution >= 0.6 is 0 Å². The zero-order valence-electron chi connectivity index (χ0n) is 21.5. The Morgan fingerprint density at radius 3 is 2.72 bits per heavy atom. The van der Waals surface area contributed by atoms with Gasteiger partial charge in [-0.05, 0) is 64.2 Å². The first-order valence-electron chi connectivity index (χ1n) is 12.9. The number of aryl methyl sites for hydroxylation is 2. The summed E-state index contributed by atoms with van der Waals surface area (Å²) in [6, 6.07) is 6.16. The van der Waals surface area contributed by atoms with Crippen molar-refractivity contribution in [3.63, 3.8) is 0 Å². The van der Waals surface area contributed by atoms with E-state index in [1.807, 2.05) is 42.9 Å². The molecular weight excluding hydrogens is 458 g/mol. The minimum absolute atomic E-state index is 0.0422. The van der Waals surface area contributed by atoms with Gasteiger partial charge in [-0.25, -0.2) is 9.78 Å². The van der Waals surface area contributed by atoms with Crippen LogP contribution in [0.1, 0.15) is 75.0 Å². The van der Waals surface area contributed by atoms with E-state index in [1.54, 1.807) is 4.90 Å². The molecule has 1 fully saturated rings. The summed E-state index contributed by atoms with van der Waals surface area (Å²) < 4.78 is 9.33. The Bertz CT molecular complexity index is 1290. The number of amides is 1. The predicted molar refractivity (Wildman–Crippen MR) is 136 cm³/mol. The molecule has 0 radical (unpaired) electrons. The van der Waals surface area contributed by atoms with Gasteiger partial charge in [0, 0.05) is 29.8 Å². The van der Waals surface area contributed by atoms with Gasteiger partial charge in [-0.15, -0.1) is 0 Å².